The van der Waals surface area contributed by atoms with Crippen LogP contribution in [-0.4, -0.2) is 14.8 Å². The van der Waals surface area contributed by atoms with Gasteiger partial charge in [0.05, 0.1) is 23.6 Å². The molecule has 3 N–H and O–H groups in total. The highest BCUT2D eigenvalue weighted by Crippen LogP contribution is 2.26. The molecule has 0 unspecified atom stereocenters. The van der Waals surface area contributed by atoms with E-state index in [0.29, 0.717) is 12.2 Å². The smallest absolute Gasteiger partial charge is 0.148 e. The van der Waals surface area contributed by atoms with Crippen LogP contribution in [0.1, 0.15) is 36.8 Å². The zero-order chi connectivity index (χ0) is 14.0. The first-order valence-corrected chi connectivity index (χ1v) is 6.49. The van der Waals surface area contributed by atoms with Gasteiger partial charge in [0.1, 0.15) is 5.82 Å². The van der Waals surface area contributed by atoms with Crippen LogP contribution >= 0.6 is 0 Å². The Hall–Kier alpha value is -2.04. The van der Waals surface area contributed by atoms with Crippen molar-refractivity contribution in [3.63, 3.8) is 0 Å². The molecule has 0 spiro atoms. The van der Waals surface area contributed by atoms with Crippen LogP contribution in [0.25, 0.3) is 0 Å². The van der Waals surface area contributed by atoms with E-state index in [2.05, 4.69) is 42.2 Å². The van der Waals surface area contributed by atoms with Crippen molar-refractivity contribution in [2.75, 3.05) is 11.1 Å². The van der Waals surface area contributed by atoms with Crippen LogP contribution < -0.4 is 11.1 Å². The molecule has 0 aliphatic rings. The molecule has 0 amide bonds. The van der Waals surface area contributed by atoms with Gasteiger partial charge in [-0.15, -0.1) is 0 Å². The molecule has 2 rings (SSSR count). The Morgan fingerprint density at radius 3 is 2.74 bits per heavy atom. The van der Waals surface area contributed by atoms with Gasteiger partial charge in [-0.1, -0.05) is 6.07 Å². The summed E-state index contributed by atoms with van der Waals surface area (Å²) in [5.74, 6) is 0.873. The summed E-state index contributed by atoms with van der Waals surface area (Å²) in [5.41, 5.74) is 9.83. The van der Waals surface area contributed by atoms with Crippen molar-refractivity contribution in [1.29, 1.82) is 0 Å². The van der Waals surface area contributed by atoms with Crippen LogP contribution in [0.4, 0.5) is 11.5 Å². The fourth-order valence-electron chi connectivity index (χ4n) is 1.98. The summed E-state index contributed by atoms with van der Waals surface area (Å²) in [5, 5.41) is 7.81. The third-order valence-corrected chi connectivity index (χ3v) is 3.16. The lowest BCUT2D eigenvalue weighted by atomic mass is 10.2. The van der Waals surface area contributed by atoms with E-state index >= 15 is 0 Å². The molecule has 0 aromatic carbocycles. The van der Waals surface area contributed by atoms with E-state index in [9.17, 15) is 0 Å². The van der Waals surface area contributed by atoms with Gasteiger partial charge in [-0.25, -0.2) is 4.68 Å². The van der Waals surface area contributed by atoms with Gasteiger partial charge in [0.25, 0.3) is 0 Å². The maximum atomic E-state index is 6.08. The lowest BCUT2D eigenvalue weighted by molar-refractivity contribution is 0.534. The van der Waals surface area contributed by atoms with E-state index < -0.39 is 0 Å². The molecule has 0 aliphatic carbocycles. The van der Waals surface area contributed by atoms with Crippen molar-refractivity contribution in [2.45, 2.75) is 40.3 Å². The molecule has 2 aromatic heterocycles. The number of hydrogen-bond donors (Lipinski definition) is 2. The van der Waals surface area contributed by atoms with Crippen molar-refractivity contribution < 1.29 is 0 Å². The average Bonchev–Trinajstić information content (AvgIpc) is 2.65. The van der Waals surface area contributed by atoms with Crippen molar-refractivity contribution >= 4 is 11.5 Å². The van der Waals surface area contributed by atoms with Crippen LogP contribution in [0.3, 0.4) is 0 Å². The van der Waals surface area contributed by atoms with Crippen LogP contribution in [0.5, 0.6) is 0 Å². The normalized spacial score (nSPS) is 11.0. The summed E-state index contributed by atoms with van der Waals surface area (Å²) < 4.78 is 1.92. The lowest BCUT2D eigenvalue weighted by Crippen LogP contribution is -2.12. The second-order valence-electron chi connectivity index (χ2n) is 5.01. The van der Waals surface area contributed by atoms with Crippen LogP contribution in [0, 0.1) is 13.8 Å². The number of nitrogens with zero attached hydrogens (tertiary/aromatic N) is 3. The van der Waals surface area contributed by atoms with E-state index in [0.717, 1.165) is 17.2 Å². The number of rotatable bonds is 4. The molecule has 0 radical (unpaired) electrons. The van der Waals surface area contributed by atoms with Crippen molar-refractivity contribution in [1.82, 2.24) is 14.8 Å². The fourth-order valence-corrected chi connectivity index (χ4v) is 1.98. The summed E-state index contributed by atoms with van der Waals surface area (Å²) in [4.78, 5) is 4.37. The minimum Gasteiger partial charge on any atom is -0.394 e. The number of aryl methyl sites for hydroxylation is 2. The largest absolute Gasteiger partial charge is 0.394 e. The Balaban J connectivity index is 2.22. The Bertz CT molecular complexity index is 571. The topological polar surface area (TPSA) is 68.8 Å². The van der Waals surface area contributed by atoms with E-state index in [1.54, 1.807) is 6.20 Å². The minimum absolute atomic E-state index is 0.267. The summed E-state index contributed by atoms with van der Waals surface area (Å²) in [6, 6.07) is 4.26. The van der Waals surface area contributed by atoms with Gasteiger partial charge in [0.2, 0.25) is 0 Å². The highest BCUT2D eigenvalue weighted by molar-refractivity contribution is 5.65. The predicted molar refractivity (Wildman–Crippen MR) is 78.1 cm³/mol. The summed E-state index contributed by atoms with van der Waals surface area (Å²) >= 11 is 0. The Morgan fingerprint density at radius 2 is 2.11 bits per heavy atom. The molecule has 5 nitrogen and oxygen atoms in total. The van der Waals surface area contributed by atoms with Gasteiger partial charge in [0, 0.05) is 12.2 Å². The zero-order valence-corrected chi connectivity index (χ0v) is 11.9. The lowest BCUT2D eigenvalue weighted by Gasteiger charge is -2.13. The summed E-state index contributed by atoms with van der Waals surface area (Å²) in [6.45, 7) is 8.80. The third kappa shape index (κ3) is 2.70. The fraction of sp³-hybridized carbons (Fsp3) is 0.429. The molecule has 2 heterocycles. The number of pyridine rings is 1. The van der Waals surface area contributed by atoms with E-state index in [1.807, 2.05) is 17.7 Å². The van der Waals surface area contributed by atoms with E-state index in [4.69, 9.17) is 5.73 Å². The SMILES string of the molecule is Cc1cccnc1CNc1c(N)c(C)nn1C(C)C. The van der Waals surface area contributed by atoms with Gasteiger partial charge in [0.15, 0.2) is 0 Å². The molecule has 0 atom stereocenters. The average molecular weight is 259 g/mol. The standard InChI is InChI=1S/C14H21N5/c1-9(2)19-14(13(15)11(4)18-19)17-8-12-10(3)6-5-7-16-12/h5-7,9,17H,8,15H2,1-4H3. The molecule has 102 valence electrons. The number of hydrogen-bond acceptors (Lipinski definition) is 4. The molecule has 0 bridgehead atoms. The first-order chi connectivity index (χ1) is 9.00. The second-order valence-corrected chi connectivity index (χ2v) is 5.01. The maximum absolute atomic E-state index is 6.08. The molecule has 5 heteroatoms. The molecule has 0 fully saturated rings. The van der Waals surface area contributed by atoms with E-state index in [-0.39, 0.29) is 6.04 Å². The van der Waals surface area contributed by atoms with Gasteiger partial charge in [-0.2, -0.15) is 5.10 Å². The number of nitrogens with two attached hydrogens (primary N) is 1. The summed E-state index contributed by atoms with van der Waals surface area (Å²) in [7, 11) is 0. The van der Waals surface area contributed by atoms with Crippen LogP contribution in [-0.2, 0) is 6.54 Å². The molecule has 2 aromatic rings. The monoisotopic (exact) mass is 259 g/mol. The number of anilines is 2. The molecule has 0 saturated carbocycles. The zero-order valence-electron chi connectivity index (χ0n) is 11.9. The Kier molecular flexibility index (Phi) is 3.74. The number of aromatic nitrogens is 3. The first kappa shape index (κ1) is 13.4. The Labute approximate surface area is 113 Å². The minimum atomic E-state index is 0.267. The van der Waals surface area contributed by atoms with Gasteiger partial charge >= 0.3 is 0 Å². The molecular formula is C14H21N5. The molecular weight excluding hydrogens is 238 g/mol. The van der Waals surface area contributed by atoms with Gasteiger partial charge < -0.3 is 11.1 Å². The highest BCUT2D eigenvalue weighted by atomic mass is 15.4. The van der Waals surface area contributed by atoms with Gasteiger partial charge in [-0.05, 0) is 39.3 Å². The van der Waals surface area contributed by atoms with Crippen molar-refractivity contribution in [3.05, 3.63) is 35.3 Å². The molecule has 0 saturated heterocycles. The molecule has 19 heavy (non-hydrogen) atoms. The quantitative estimate of drug-likeness (QED) is 0.885. The van der Waals surface area contributed by atoms with E-state index in [1.165, 1.54) is 5.56 Å². The third-order valence-electron chi connectivity index (χ3n) is 3.16. The summed E-state index contributed by atoms with van der Waals surface area (Å²) in [6.07, 6.45) is 1.80. The van der Waals surface area contributed by atoms with Gasteiger partial charge in [-0.3, -0.25) is 4.98 Å². The first-order valence-electron chi connectivity index (χ1n) is 6.49. The molecule has 0 aliphatic heterocycles. The van der Waals surface area contributed by atoms with Crippen molar-refractivity contribution in [3.8, 4) is 0 Å². The van der Waals surface area contributed by atoms with Crippen LogP contribution in [0.15, 0.2) is 18.3 Å². The predicted octanol–water partition coefficient (Wildman–Crippen LogP) is 2.67. The maximum Gasteiger partial charge on any atom is 0.148 e. The number of nitrogens with one attached hydrogen (secondary N) is 1. The highest BCUT2D eigenvalue weighted by Gasteiger charge is 2.14. The van der Waals surface area contributed by atoms with Crippen molar-refractivity contribution in [2.24, 2.45) is 0 Å². The van der Waals surface area contributed by atoms with Crippen LogP contribution in [0.2, 0.25) is 0 Å². The number of nitrogen functional groups attached to an aromatic ring is 1. The second kappa shape index (κ2) is 5.30. The Morgan fingerprint density at radius 1 is 1.37 bits per heavy atom.